The fourth-order valence-corrected chi connectivity index (χ4v) is 4.81. The maximum Gasteiger partial charge on any atom is 0.310 e. The van der Waals surface area contributed by atoms with Crippen LogP contribution in [0.3, 0.4) is 0 Å². The van der Waals surface area contributed by atoms with Gasteiger partial charge in [-0.2, -0.15) is 0 Å². The minimum absolute atomic E-state index is 0.0597. The van der Waals surface area contributed by atoms with Gasteiger partial charge in [-0.05, 0) is 73.1 Å². The van der Waals surface area contributed by atoms with Crippen molar-refractivity contribution >= 4 is 11.5 Å². The molecule has 0 spiro atoms. The SMILES string of the molecule is CCCCC(C)C(C)C(C)c1cc(O)c(C2=C(C(C)C(=O)O)CCC(C)C2)c(O)c1. The number of rotatable bonds is 9. The molecule has 0 heterocycles. The zero-order valence-electron chi connectivity index (χ0n) is 19.5. The van der Waals surface area contributed by atoms with Gasteiger partial charge in [0, 0.05) is 0 Å². The molecule has 30 heavy (non-hydrogen) atoms. The van der Waals surface area contributed by atoms with E-state index in [-0.39, 0.29) is 17.4 Å². The zero-order chi connectivity index (χ0) is 22.6. The summed E-state index contributed by atoms with van der Waals surface area (Å²) in [5.74, 6) is 0.224. The lowest BCUT2D eigenvalue weighted by Crippen LogP contribution is -2.19. The molecular formula is C26H40O4. The van der Waals surface area contributed by atoms with Gasteiger partial charge in [-0.3, -0.25) is 4.79 Å². The molecule has 0 aromatic heterocycles. The summed E-state index contributed by atoms with van der Waals surface area (Å²) in [6, 6.07) is 3.55. The summed E-state index contributed by atoms with van der Waals surface area (Å²) in [5, 5.41) is 31.4. The highest BCUT2D eigenvalue weighted by Gasteiger charge is 2.30. The molecule has 5 unspecified atom stereocenters. The van der Waals surface area contributed by atoms with Crippen molar-refractivity contribution < 1.29 is 20.1 Å². The molecule has 4 heteroatoms. The molecule has 1 aliphatic carbocycles. The molecule has 3 N–H and O–H groups in total. The van der Waals surface area contributed by atoms with Gasteiger partial charge in [-0.1, -0.05) is 59.5 Å². The molecule has 0 aliphatic heterocycles. The Balaban J connectivity index is 2.43. The van der Waals surface area contributed by atoms with Crippen molar-refractivity contribution in [2.75, 3.05) is 0 Å². The van der Waals surface area contributed by atoms with E-state index in [1.807, 2.05) is 0 Å². The summed E-state index contributed by atoms with van der Waals surface area (Å²) in [5.41, 5.74) is 2.99. The second-order valence-electron chi connectivity index (χ2n) is 9.61. The van der Waals surface area contributed by atoms with E-state index in [2.05, 4.69) is 34.6 Å². The van der Waals surface area contributed by atoms with E-state index in [0.717, 1.165) is 23.1 Å². The van der Waals surface area contributed by atoms with Crippen LogP contribution in [0, 0.1) is 23.7 Å². The molecule has 0 fully saturated rings. The number of hydrogen-bond donors (Lipinski definition) is 3. The summed E-state index contributed by atoms with van der Waals surface area (Å²) in [7, 11) is 0. The first-order chi connectivity index (χ1) is 14.1. The minimum atomic E-state index is -0.865. The molecule has 4 nitrogen and oxygen atoms in total. The number of carboxylic acid groups (broad SMARTS) is 1. The Morgan fingerprint density at radius 2 is 1.73 bits per heavy atom. The summed E-state index contributed by atoms with van der Waals surface area (Å²) in [6.07, 6.45) is 5.87. The zero-order valence-corrected chi connectivity index (χ0v) is 19.5. The molecular weight excluding hydrogens is 376 g/mol. The summed E-state index contributed by atoms with van der Waals surface area (Å²) < 4.78 is 0. The predicted molar refractivity (Wildman–Crippen MR) is 123 cm³/mol. The average Bonchev–Trinajstić information content (AvgIpc) is 2.69. The molecule has 0 bridgehead atoms. The van der Waals surface area contributed by atoms with Crippen LogP contribution in [0.2, 0.25) is 0 Å². The summed E-state index contributed by atoms with van der Waals surface area (Å²) in [4.78, 5) is 11.6. The standard InChI is InChI=1S/C26H40O4/c1-7-8-9-16(3)17(4)18(5)20-13-23(27)25(24(28)14-20)22-12-15(2)10-11-21(22)19(6)26(29)30/h13-19,27-28H,7-12H2,1-6H3,(H,29,30). The molecule has 0 amide bonds. The summed E-state index contributed by atoms with van der Waals surface area (Å²) in [6.45, 7) is 12.7. The van der Waals surface area contributed by atoms with Crippen LogP contribution in [0.4, 0.5) is 0 Å². The lowest BCUT2D eigenvalue weighted by molar-refractivity contribution is -0.139. The number of allylic oxidation sites excluding steroid dienone is 1. The Kier molecular flexibility index (Phi) is 8.40. The molecule has 1 aliphatic rings. The third kappa shape index (κ3) is 5.39. The number of unbranched alkanes of at least 4 members (excludes halogenated alkanes) is 1. The second kappa shape index (κ2) is 10.4. The third-order valence-corrected chi connectivity index (χ3v) is 7.39. The maximum atomic E-state index is 11.6. The maximum absolute atomic E-state index is 11.6. The van der Waals surface area contributed by atoms with Gasteiger partial charge in [0.25, 0.3) is 0 Å². The Bertz CT molecular complexity index is 756. The van der Waals surface area contributed by atoms with Crippen LogP contribution in [-0.4, -0.2) is 21.3 Å². The number of carboxylic acids is 1. The fourth-order valence-electron chi connectivity index (χ4n) is 4.81. The van der Waals surface area contributed by atoms with E-state index in [1.54, 1.807) is 19.1 Å². The van der Waals surface area contributed by atoms with Crippen molar-refractivity contribution in [2.24, 2.45) is 23.7 Å². The van der Waals surface area contributed by atoms with E-state index in [9.17, 15) is 20.1 Å². The number of aliphatic carboxylic acids is 1. The van der Waals surface area contributed by atoms with Gasteiger partial charge >= 0.3 is 5.97 Å². The monoisotopic (exact) mass is 416 g/mol. The smallest absolute Gasteiger partial charge is 0.310 e. The predicted octanol–water partition coefficient (Wildman–Crippen LogP) is 6.96. The quantitative estimate of drug-likeness (QED) is 0.407. The Morgan fingerprint density at radius 3 is 2.27 bits per heavy atom. The molecule has 5 atom stereocenters. The van der Waals surface area contributed by atoms with Crippen molar-refractivity contribution in [1.29, 1.82) is 0 Å². The number of carbonyl (C=O) groups is 1. The highest BCUT2D eigenvalue weighted by molar-refractivity contribution is 5.83. The first-order valence-corrected chi connectivity index (χ1v) is 11.6. The third-order valence-electron chi connectivity index (χ3n) is 7.39. The number of phenolic OH excluding ortho intramolecular Hbond substituents is 2. The second-order valence-corrected chi connectivity index (χ2v) is 9.61. The van der Waals surface area contributed by atoms with Crippen LogP contribution in [0.5, 0.6) is 11.5 Å². The molecule has 1 aromatic carbocycles. The summed E-state index contributed by atoms with van der Waals surface area (Å²) >= 11 is 0. The van der Waals surface area contributed by atoms with Crippen LogP contribution < -0.4 is 0 Å². The van der Waals surface area contributed by atoms with Gasteiger partial charge in [0.05, 0.1) is 11.5 Å². The van der Waals surface area contributed by atoms with Gasteiger partial charge in [0.15, 0.2) is 0 Å². The molecule has 168 valence electrons. The molecule has 1 aromatic rings. The first kappa shape index (κ1) is 24.3. The Hall–Kier alpha value is -1.97. The number of hydrogen-bond acceptors (Lipinski definition) is 3. The Labute approximate surface area is 182 Å². The van der Waals surface area contributed by atoms with E-state index in [0.29, 0.717) is 36.2 Å². The first-order valence-electron chi connectivity index (χ1n) is 11.6. The number of aromatic hydroxyl groups is 2. The highest BCUT2D eigenvalue weighted by atomic mass is 16.4. The normalized spacial score (nSPS) is 21.2. The van der Waals surface area contributed by atoms with E-state index in [1.165, 1.54) is 19.3 Å². The largest absolute Gasteiger partial charge is 0.507 e. The highest BCUT2D eigenvalue weighted by Crippen LogP contribution is 2.46. The Morgan fingerprint density at radius 1 is 1.13 bits per heavy atom. The van der Waals surface area contributed by atoms with E-state index in [4.69, 9.17) is 0 Å². The van der Waals surface area contributed by atoms with Crippen molar-refractivity contribution in [1.82, 2.24) is 0 Å². The molecule has 0 radical (unpaired) electrons. The fraction of sp³-hybridized carbons (Fsp3) is 0.654. The van der Waals surface area contributed by atoms with Crippen LogP contribution in [0.15, 0.2) is 17.7 Å². The van der Waals surface area contributed by atoms with Crippen LogP contribution in [0.25, 0.3) is 5.57 Å². The average molecular weight is 417 g/mol. The van der Waals surface area contributed by atoms with Crippen LogP contribution in [0.1, 0.15) is 97.1 Å². The molecule has 0 saturated heterocycles. The van der Waals surface area contributed by atoms with Crippen molar-refractivity contribution in [3.05, 3.63) is 28.8 Å². The van der Waals surface area contributed by atoms with Gasteiger partial charge in [0.1, 0.15) is 11.5 Å². The number of phenols is 2. The van der Waals surface area contributed by atoms with Crippen molar-refractivity contribution in [2.45, 2.75) is 86.0 Å². The van der Waals surface area contributed by atoms with Crippen LogP contribution >= 0.6 is 0 Å². The van der Waals surface area contributed by atoms with Crippen LogP contribution in [-0.2, 0) is 4.79 Å². The van der Waals surface area contributed by atoms with Crippen molar-refractivity contribution in [3.8, 4) is 11.5 Å². The van der Waals surface area contributed by atoms with Gasteiger partial charge in [-0.15, -0.1) is 0 Å². The van der Waals surface area contributed by atoms with Gasteiger partial charge in [0.2, 0.25) is 0 Å². The lowest BCUT2D eigenvalue weighted by atomic mass is 9.76. The minimum Gasteiger partial charge on any atom is -0.507 e. The number of benzene rings is 1. The van der Waals surface area contributed by atoms with Gasteiger partial charge in [-0.25, -0.2) is 0 Å². The van der Waals surface area contributed by atoms with Gasteiger partial charge < -0.3 is 15.3 Å². The molecule has 0 saturated carbocycles. The van der Waals surface area contributed by atoms with Crippen molar-refractivity contribution in [3.63, 3.8) is 0 Å². The topological polar surface area (TPSA) is 77.8 Å². The molecule has 2 rings (SSSR count). The van der Waals surface area contributed by atoms with E-state index >= 15 is 0 Å². The lowest BCUT2D eigenvalue weighted by Gasteiger charge is -2.30. The van der Waals surface area contributed by atoms with E-state index < -0.39 is 11.9 Å².